The van der Waals surface area contributed by atoms with Gasteiger partial charge in [-0.2, -0.15) is 9.97 Å². The van der Waals surface area contributed by atoms with Crippen molar-refractivity contribution in [2.24, 2.45) is 0 Å². The van der Waals surface area contributed by atoms with Crippen LogP contribution >= 0.6 is 11.6 Å². The first kappa shape index (κ1) is 16.0. The molecular formula is C15H19ClN4. The highest BCUT2D eigenvalue weighted by Gasteiger charge is 2.07. The molecule has 0 aromatic carbocycles. The average molecular weight is 291 g/mol. The summed E-state index contributed by atoms with van der Waals surface area (Å²) >= 11 is 5.88. The van der Waals surface area contributed by atoms with E-state index in [0.29, 0.717) is 11.5 Å². The lowest BCUT2D eigenvalue weighted by Crippen LogP contribution is -2.00. The van der Waals surface area contributed by atoms with Gasteiger partial charge in [-0.05, 0) is 30.7 Å². The Morgan fingerprint density at radius 2 is 2.15 bits per heavy atom. The lowest BCUT2D eigenvalue weighted by molar-refractivity contribution is 1.19. The highest BCUT2D eigenvalue weighted by atomic mass is 35.5. The van der Waals surface area contributed by atoms with Crippen molar-refractivity contribution < 1.29 is 0 Å². The van der Waals surface area contributed by atoms with E-state index in [-0.39, 0.29) is 5.28 Å². The summed E-state index contributed by atoms with van der Waals surface area (Å²) in [7, 11) is 0. The van der Waals surface area contributed by atoms with E-state index in [1.165, 1.54) is 0 Å². The van der Waals surface area contributed by atoms with Crippen LogP contribution in [0.1, 0.15) is 20.8 Å². The van der Waals surface area contributed by atoms with E-state index in [2.05, 4.69) is 26.8 Å². The highest BCUT2D eigenvalue weighted by molar-refractivity contribution is 6.28. The summed E-state index contributed by atoms with van der Waals surface area (Å²) in [6, 6.07) is 1.90. The van der Waals surface area contributed by atoms with Gasteiger partial charge in [0.15, 0.2) is 0 Å². The van der Waals surface area contributed by atoms with Crippen molar-refractivity contribution in [2.45, 2.75) is 20.8 Å². The molecular weight excluding hydrogens is 272 g/mol. The monoisotopic (exact) mass is 290 g/mol. The predicted molar refractivity (Wildman–Crippen MR) is 87.0 cm³/mol. The van der Waals surface area contributed by atoms with Gasteiger partial charge in [0, 0.05) is 11.9 Å². The first-order valence-corrected chi connectivity index (χ1v) is 6.85. The van der Waals surface area contributed by atoms with Crippen LogP contribution in [0.25, 0.3) is 11.0 Å². The first-order chi connectivity index (χ1) is 9.74. The SMILES string of the molecule is C=C/C=C\C(=C/C)Nc1nc(Cl)nc2[nH]ccc12.CC. The van der Waals surface area contributed by atoms with Gasteiger partial charge < -0.3 is 10.3 Å². The zero-order valence-corrected chi connectivity index (χ0v) is 12.7. The number of halogens is 1. The number of H-pyrrole nitrogens is 1. The molecule has 4 nitrogen and oxygen atoms in total. The van der Waals surface area contributed by atoms with Crippen molar-refractivity contribution >= 4 is 28.5 Å². The number of fused-ring (bicyclic) bond motifs is 1. The number of hydrogen-bond donors (Lipinski definition) is 2. The van der Waals surface area contributed by atoms with Gasteiger partial charge in [-0.15, -0.1) is 0 Å². The summed E-state index contributed by atoms with van der Waals surface area (Å²) in [5.74, 6) is 0.674. The molecule has 2 N–H and O–H groups in total. The van der Waals surface area contributed by atoms with Crippen LogP contribution in [0.15, 0.2) is 48.8 Å². The molecule has 0 unspecified atom stereocenters. The molecule has 20 heavy (non-hydrogen) atoms. The van der Waals surface area contributed by atoms with Crippen molar-refractivity contribution in [3.05, 3.63) is 54.1 Å². The largest absolute Gasteiger partial charge is 0.346 e. The van der Waals surface area contributed by atoms with Crippen LogP contribution in [0.3, 0.4) is 0 Å². The molecule has 0 amide bonds. The van der Waals surface area contributed by atoms with Gasteiger partial charge in [-0.3, -0.25) is 0 Å². The maximum absolute atomic E-state index is 5.88. The van der Waals surface area contributed by atoms with E-state index >= 15 is 0 Å². The molecule has 0 saturated carbocycles. The Labute approximate surface area is 124 Å². The summed E-state index contributed by atoms with van der Waals surface area (Å²) in [4.78, 5) is 11.3. The summed E-state index contributed by atoms with van der Waals surface area (Å²) < 4.78 is 0. The number of anilines is 1. The van der Waals surface area contributed by atoms with E-state index < -0.39 is 0 Å². The maximum atomic E-state index is 5.88. The van der Waals surface area contributed by atoms with E-state index in [0.717, 1.165) is 11.1 Å². The van der Waals surface area contributed by atoms with E-state index in [1.54, 1.807) is 12.3 Å². The van der Waals surface area contributed by atoms with Crippen molar-refractivity contribution in [3.8, 4) is 0 Å². The number of nitrogens with zero attached hydrogens (tertiary/aromatic N) is 2. The zero-order valence-electron chi connectivity index (χ0n) is 11.9. The Morgan fingerprint density at radius 3 is 2.80 bits per heavy atom. The fourth-order valence-electron chi connectivity index (χ4n) is 1.53. The molecule has 106 valence electrons. The molecule has 0 radical (unpaired) electrons. The lowest BCUT2D eigenvalue weighted by atomic mass is 10.3. The van der Waals surface area contributed by atoms with Crippen LogP contribution in [0.5, 0.6) is 0 Å². The van der Waals surface area contributed by atoms with Crippen LogP contribution in [-0.4, -0.2) is 15.0 Å². The summed E-state index contributed by atoms with van der Waals surface area (Å²) in [5, 5.41) is 4.30. The smallest absolute Gasteiger partial charge is 0.226 e. The van der Waals surface area contributed by atoms with E-state index in [1.807, 2.05) is 45.1 Å². The van der Waals surface area contributed by atoms with Crippen LogP contribution in [0, 0.1) is 0 Å². The number of nitrogens with one attached hydrogen (secondary N) is 2. The standard InChI is InChI=1S/C13H13ClN4.C2H6/c1-3-5-6-9(4-2)16-12-10-7-8-15-11(10)17-13(14)18-12;1-2/h3-8H,1H2,2H3,(H2,15,16,17,18);1-2H3/b6-5-,9-4+;. The second-order valence-corrected chi connectivity index (χ2v) is 3.88. The molecule has 0 bridgehead atoms. The highest BCUT2D eigenvalue weighted by Crippen LogP contribution is 2.22. The third-order valence-electron chi connectivity index (χ3n) is 2.37. The van der Waals surface area contributed by atoms with Gasteiger partial charge in [-0.1, -0.05) is 38.7 Å². The van der Waals surface area contributed by atoms with E-state index in [9.17, 15) is 0 Å². The Kier molecular flexibility index (Phi) is 6.53. The number of aromatic nitrogens is 3. The van der Waals surface area contributed by atoms with Crippen LogP contribution in [-0.2, 0) is 0 Å². The molecule has 0 aliphatic rings. The van der Waals surface area contributed by atoms with Gasteiger partial charge >= 0.3 is 0 Å². The molecule has 0 fully saturated rings. The molecule has 5 heteroatoms. The van der Waals surface area contributed by atoms with Crippen molar-refractivity contribution in [1.82, 2.24) is 15.0 Å². The van der Waals surface area contributed by atoms with Gasteiger partial charge in [0.1, 0.15) is 11.5 Å². The molecule has 2 heterocycles. The van der Waals surface area contributed by atoms with Gasteiger partial charge in [-0.25, -0.2) is 0 Å². The molecule has 2 aromatic rings. The molecule has 2 aromatic heterocycles. The second kappa shape index (κ2) is 8.17. The number of rotatable bonds is 4. The third-order valence-corrected chi connectivity index (χ3v) is 2.54. The number of hydrogen-bond acceptors (Lipinski definition) is 3. The molecule has 2 rings (SSSR count). The zero-order chi connectivity index (χ0) is 15.0. The third kappa shape index (κ3) is 3.96. The minimum absolute atomic E-state index is 0.204. The molecule has 0 spiro atoms. The molecule has 0 aliphatic heterocycles. The fourth-order valence-corrected chi connectivity index (χ4v) is 1.70. The van der Waals surface area contributed by atoms with Crippen LogP contribution in [0.2, 0.25) is 5.28 Å². The van der Waals surface area contributed by atoms with Crippen molar-refractivity contribution in [2.75, 3.05) is 5.32 Å². The summed E-state index contributed by atoms with van der Waals surface area (Å²) in [5.41, 5.74) is 1.62. The quantitative estimate of drug-likeness (QED) is 0.634. The molecule has 0 saturated heterocycles. The minimum Gasteiger partial charge on any atom is -0.346 e. The van der Waals surface area contributed by atoms with Gasteiger partial charge in [0.2, 0.25) is 5.28 Å². The number of aromatic amines is 1. The second-order valence-electron chi connectivity index (χ2n) is 3.55. The predicted octanol–water partition coefficient (Wildman–Crippen LogP) is 4.70. The van der Waals surface area contributed by atoms with Crippen molar-refractivity contribution in [3.63, 3.8) is 0 Å². The fraction of sp³-hybridized carbons (Fsp3) is 0.200. The van der Waals surface area contributed by atoms with Crippen molar-refractivity contribution in [1.29, 1.82) is 0 Å². The topological polar surface area (TPSA) is 53.6 Å². The Morgan fingerprint density at radius 1 is 1.40 bits per heavy atom. The summed E-state index contributed by atoms with van der Waals surface area (Å²) in [6.07, 6.45) is 9.20. The van der Waals surface area contributed by atoms with Crippen LogP contribution < -0.4 is 5.32 Å². The Hall–Kier alpha value is -2.07. The lowest BCUT2D eigenvalue weighted by Gasteiger charge is -2.07. The Bertz CT molecular complexity index is 626. The Balaban J connectivity index is 0.000000956. The van der Waals surface area contributed by atoms with Gasteiger partial charge in [0.25, 0.3) is 0 Å². The van der Waals surface area contributed by atoms with Gasteiger partial charge in [0.05, 0.1) is 5.39 Å². The molecule has 0 atom stereocenters. The summed E-state index contributed by atoms with van der Waals surface area (Å²) in [6.45, 7) is 9.57. The normalized spacial score (nSPS) is 11.3. The average Bonchev–Trinajstić information content (AvgIpc) is 2.93. The first-order valence-electron chi connectivity index (χ1n) is 6.47. The van der Waals surface area contributed by atoms with Crippen LogP contribution in [0.4, 0.5) is 5.82 Å². The maximum Gasteiger partial charge on any atom is 0.226 e. The molecule has 0 aliphatic carbocycles. The minimum atomic E-state index is 0.204. The van der Waals surface area contributed by atoms with E-state index in [4.69, 9.17) is 11.6 Å². The number of allylic oxidation sites excluding steroid dienone is 4.